The summed E-state index contributed by atoms with van der Waals surface area (Å²) in [5.41, 5.74) is 5.69. The maximum absolute atomic E-state index is 11.9. The number of hydrogen-bond acceptors (Lipinski definition) is 11. The van der Waals surface area contributed by atoms with E-state index in [4.69, 9.17) is 15.3 Å². The minimum Gasteiger partial charge on any atom is -0.497 e. The Morgan fingerprint density at radius 3 is 2.52 bits per heavy atom. The first-order chi connectivity index (χ1) is 11.8. The van der Waals surface area contributed by atoms with E-state index in [1.165, 1.54) is 0 Å². The summed E-state index contributed by atoms with van der Waals surface area (Å²) >= 11 is 0.811. The van der Waals surface area contributed by atoms with Gasteiger partial charge in [-0.3, -0.25) is 0 Å². The Balaban J connectivity index is 2.16. The number of ether oxygens (including phenoxy) is 1. The summed E-state index contributed by atoms with van der Waals surface area (Å²) in [6.07, 6.45) is 0.726. The van der Waals surface area contributed by atoms with Crippen molar-refractivity contribution in [1.82, 2.24) is 9.36 Å². The lowest BCUT2D eigenvalue weighted by Crippen LogP contribution is -2.23. The zero-order valence-corrected chi connectivity index (χ0v) is 14.8. The molecule has 0 unspecified atom stereocenters. The van der Waals surface area contributed by atoms with E-state index in [0.29, 0.717) is 5.75 Å². The molecule has 0 aliphatic rings. The Bertz CT molecular complexity index is 876. The average Bonchev–Trinajstić information content (AvgIpc) is 2.96. The van der Waals surface area contributed by atoms with Crippen LogP contribution in [0.2, 0.25) is 0 Å². The molecule has 0 fully saturated rings. The number of carbonyl (C=O) groups excluding carboxylic acids is 1. The zero-order valence-electron chi connectivity index (χ0n) is 13.2. The smallest absolute Gasteiger partial charge is 0.379 e. The number of carbonyl (C=O) groups is 1. The predicted octanol–water partition coefficient (Wildman–Crippen LogP) is 0.553. The highest BCUT2D eigenvalue weighted by molar-refractivity contribution is 7.86. The summed E-state index contributed by atoms with van der Waals surface area (Å²) < 4.78 is 35.4. The van der Waals surface area contributed by atoms with Gasteiger partial charge >= 0.3 is 16.1 Å². The summed E-state index contributed by atoms with van der Waals surface area (Å²) in [5, 5.41) is 3.68. The molecule has 12 heteroatoms. The fraction of sp³-hybridized carbons (Fsp3) is 0.231. The molecule has 2 aromatic rings. The van der Waals surface area contributed by atoms with Crippen molar-refractivity contribution in [3.8, 4) is 5.75 Å². The molecule has 0 radical (unpaired) electrons. The van der Waals surface area contributed by atoms with Crippen molar-refractivity contribution in [3.05, 3.63) is 35.7 Å². The Kier molecular flexibility index (Phi) is 5.88. The molecule has 25 heavy (non-hydrogen) atoms. The van der Waals surface area contributed by atoms with E-state index < -0.39 is 21.8 Å². The van der Waals surface area contributed by atoms with E-state index >= 15 is 0 Å². The highest BCUT2D eigenvalue weighted by Gasteiger charge is 2.25. The minimum atomic E-state index is -4.04. The Labute approximate surface area is 147 Å². The number of anilines is 1. The summed E-state index contributed by atoms with van der Waals surface area (Å²) in [6, 6.07) is 6.93. The molecule has 0 saturated carbocycles. The van der Waals surface area contributed by atoms with Gasteiger partial charge in [0.1, 0.15) is 12.4 Å². The zero-order chi connectivity index (χ0) is 18.4. The number of nitrogens with two attached hydrogens (primary N) is 1. The van der Waals surface area contributed by atoms with Crippen LogP contribution in [0.5, 0.6) is 5.75 Å². The van der Waals surface area contributed by atoms with E-state index in [-0.39, 0.29) is 17.6 Å². The van der Waals surface area contributed by atoms with Crippen LogP contribution < -0.4 is 10.5 Å². The first-order valence-electron chi connectivity index (χ1n) is 6.64. The molecule has 0 bridgehead atoms. The second kappa shape index (κ2) is 7.90. The third-order valence-corrected chi connectivity index (χ3v) is 3.62. The number of nitrogen functional groups attached to an aromatic ring is 1. The average molecular weight is 386 g/mol. The number of aromatic nitrogens is 2. The van der Waals surface area contributed by atoms with Crippen LogP contribution in [0.3, 0.4) is 0 Å². The lowest BCUT2D eigenvalue weighted by molar-refractivity contribution is -0.126. The number of benzene rings is 1. The molecule has 1 aromatic carbocycles. The number of rotatable bonds is 7. The molecule has 0 spiro atoms. The van der Waals surface area contributed by atoms with Crippen molar-refractivity contribution in [2.45, 2.75) is 6.61 Å². The highest BCUT2D eigenvalue weighted by Crippen LogP contribution is 2.13. The monoisotopic (exact) mass is 386 g/mol. The van der Waals surface area contributed by atoms with E-state index in [2.05, 4.69) is 18.7 Å². The van der Waals surface area contributed by atoms with Gasteiger partial charge < -0.3 is 19.5 Å². The van der Waals surface area contributed by atoms with Gasteiger partial charge in [-0.05, 0) is 17.7 Å². The molecule has 134 valence electrons. The molecular weight excluding hydrogens is 372 g/mol. The molecule has 0 saturated heterocycles. The van der Waals surface area contributed by atoms with Gasteiger partial charge in [-0.1, -0.05) is 17.3 Å². The van der Waals surface area contributed by atoms with Crippen LogP contribution in [0.25, 0.3) is 0 Å². The SMILES string of the molecule is COc1ccc(CO/N=C(\C(=O)OS(C)(=O)=O)c2nsc(N)n2)cc1. The molecule has 0 atom stereocenters. The predicted molar refractivity (Wildman–Crippen MR) is 89.6 cm³/mol. The lowest BCUT2D eigenvalue weighted by atomic mass is 10.2. The molecule has 1 aromatic heterocycles. The van der Waals surface area contributed by atoms with Gasteiger partial charge in [-0.15, -0.1) is 0 Å². The standard InChI is InChI=1S/C13H14N4O6S2/c1-21-9-5-3-8(4-6-9)7-22-16-10(11-15-13(14)24-17-11)12(18)23-25(2,19)20/h3-6H,7H2,1-2H3,(H2,14,15,17)/b16-10-. The van der Waals surface area contributed by atoms with E-state index in [1.807, 2.05) is 0 Å². The molecule has 0 aliphatic heterocycles. The van der Waals surface area contributed by atoms with Gasteiger partial charge in [-0.2, -0.15) is 17.8 Å². The Hall–Kier alpha value is -2.73. The molecule has 0 amide bonds. The maximum atomic E-state index is 11.9. The van der Waals surface area contributed by atoms with E-state index in [0.717, 1.165) is 23.4 Å². The minimum absolute atomic E-state index is 0.0132. The quantitative estimate of drug-likeness (QED) is 0.410. The van der Waals surface area contributed by atoms with Crippen LogP contribution >= 0.6 is 11.5 Å². The Morgan fingerprint density at radius 2 is 2.00 bits per heavy atom. The third kappa shape index (κ3) is 5.69. The summed E-state index contributed by atoms with van der Waals surface area (Å²) in [5.74, 6) is -0.785. The van der Waals surface area contributed by atoms with Gasteiger partial charge in [0.05, 0.1) is 13.4 Å². The van der Waals surface area contributed by atoms with Crippen molar-refractivity contribution >= 4 is 38.5 Å². The van der Waals surface area contributed by atoms with Crippen LogP contribution in [0.1, 0.15) is 11.4 Å². The van der Waals surface area contributed by atoms with Crippen LogP contribution in [0.4, 0.5) is 5.13 Å². The molecule has 10 nitrogen and oxygen atoms in total. The Morgan fingerprint density at radius 1 is 1.32 bits per heavy atom. The van der Waals surface area contributed by atoms with Crippen molar-refractivity contribution in [2.75, 3.05) is 19.1 Å². The van der Waals surface area contributed by atoms with Gasteiger partial charge in [0.2, 0.25) is 11.5 Å². The maximum Gasteiger partial charge on any atom is 0.379 e. The van der Waals surface area contributed by atoms with Crippen molar-refractivity contribution in [2.24, 2.45) is 5.16 Å². The van der Waals surface area contributed by atoms with Crippen LogP contribution in [-0.2, 0) is 30.5 Å². The normalized spacial score (nSPS) is 11.8. The second-order valence-corrected chi connectivity index (χ2v) is 6.95. The van der Waals surface area contributed by atoms with E-state index in [9.17, 15) is 13.2 Å². The third-order valence-electron chi connectivity index (χ3n) is 2.62. The first kappa shape index (κ1) is 18.6. The van der Waals surface area contributed by atoms with Crippen molar-refractivity contribution in [3.63, 3.8) is 0 Å². The van der Waals surface area contributed by atoms with Crippen LogP contribution in [0, 0.1) is 0 Å². The molecular formula is C13H14N4O6S2. The number of methoxy groups -OCH3 is 1. The summed E-state index contributed by atoms with van der Waals surface area (Å²) in [7, 11) is -2.49. The lowest BCUT2D eigenvalue weighted by Gasteiger charge is -2.04. The summed E-state index contributed by atoms with van der Waals surface area (Å²) in [4.78, 5) is 20.8. The van der Waals surface area contributed by atoms with Gasteiger partial charge in [-0.25, -0.2) is 4.79 Å². The molecule has 2 N–H and O–H groups in total. The summed E-state index contributed by atoms with van der Waals surface area (Å²) in [6.45, 7) is 0.0132. The number of nitrogens with zero attached hydrogens (tertiary/aromatic N) is 3. The topological polar surface area (TPSA) is 143 Å². The molecule has 0 aliphatic carbocycles. The fourth-order valence-corrected chi connectivity index (χ4v) is 2.36. The van der Waals surface area contributed by atoms with E-state index in [1.54, 1.807) is 31.4 Å². The van der Waals surface area contributed by atoms with Crippen molar-refractivity contribution < 1.29 is 27.0 Å². The van der Waals surface area contributed by atoms with Gasteiger partial charge in [0, 0.05) is 11.5 Å². The first-order valence-corrected chi connectivity index (χ1v) is 9.23. The van der Waals surface area contributed by atoms with Gasteiger partial charge in [0.25, 0.3) is 0 Å². The fourth-order valence-electron chi connectivity index (χ4n) is 1.57. The highest BCUT2D eigenvalue weighted by atomic mass is 32.2. The van der Waals surface area contributed by atoms with Crippen molar-refractivity contribution in [1.29, 1.82) is 0 Å². The van der Waals surface area contributed by atoms with Gasteiger partial charge in [0.15, 0.2) is 5.13 Å². The van der Waals surface area contributed by atoms with Crippen LogP contribution in [-0.4, -0.2) is 42.8 Å². The number of hydrogen-bond donors (Lipinski definition) is 1. The molecule has 1 heterocycles. The molecule has 2 rings (SSSR count). The number of oxime groups is 1. The largest absolute Gasteiger partial charge is 0.497 e. The second-order valence-electron chi connectivity index (χ2n) is 4.59. The van der Waals surface area contributed by atoms with Crippen LogP contribution in [0.15, 0.2) is 29.4 Å².